The largest absolute Gasteiger partial charge is 0.503 e. The van der Waals surface area contributed by atoms with E-state index in [2.05, 4.69) is 0 Å². The van der Waals surface area contributed by atoms with Crippen LogP contribution in [0.3, 0.4) is 0 Å². The summed E-state index contributed by atoms with van der Waals surface area (Å²) < 4.78 is 26.6. The van der Waals surface area contributed by atoms with Crippen LogP contribution in [0.4, 0.5) is 20.2 Å². The first-order chi connectivity index (χ1) is 8.88. The fourth-order valence-electron chi connectivity index (χ4n) is 1.44. The maximum Gasteiger partial charge on any atom is 0.174 e. The lowest BCUT2D eigenvalue weighted by Crippen LogP contribution is -1.91. The first-order valence-corrected chi connectivity index (χ1v) is 5.94. The number of anilines is 2. The van der Waals surface area contributed by atoms with Crippen molar-refractivity contribution in [2.45, 2.75) is 9.79 Å². The smallest absolute Gasteiger partial charge is 0.174 e. The van der Waals surface area contributed by atoms with Crippen molar-refractivity contribution in [2.24, 2.45) is 0 Å². The van der Waals surface area contributed by atoms with Gasteiger partial charge < -0.3 is 21.7 Å². The molecule has 0 spiro atoms. The minimum absolute atomic E-state index is 0.116. The van der Waals surface area contributed by atoms with Crippen molar-refractivity contribution in [3.63, 3.8) is 0 Å². The Morgan fingerprint density at radius 1 is 0.789 bits per heavy atom. The van der Waals surface area contributed by atoms with Crippen molar-refractivity contribution in [1.29, 1.82) is 0 Å². The Labute approximate surface area is 111 Å². The summed E-state index contributed by atoms with van der Waals surface area (Å²) in [6, 6.07) is 4.84. The zero-order chi connectivity index (χ0) is 14.2. The van der Waals surface area contributed by atoms with Crippen molar-refractivity contribution >= 4 is 23.1 Å². The number of halogens is 2. The van der Waals surface area contributed by atoms with Gasteiger partial charge >= 0.3 is 0 Å². The Morgan fingerprint density at radius 2 is 1.16 bits per heavy atom. The van der Waals surface area contributed by atoms with E-state index in [1.54, 1.807) is 0 Å². The standard InChI is InChI=1S/C12H10F2N2O2S/c13-7-1-5(3-9(15)11(7)17)19-6-2-8(14)12(18)10(16)4-6/h1-4,17-18H,15-16H2. The molecule has 4 nitrogen and oxygen atoms in total. The Balaban J connectivity index is 2.36. The van der Waals surface area contributed by atoms with Gasteiger partial charge in [0.25, 0.3) is 0 Å². The number of hydrogen-bond acceptors (Lipinski definition) is 5. The van der Waals surface area contributed by atoms with E-state index < -0.39 is 23.1 Å². The molecule has 0 unspecified atom stereocenters. The van der Waals surface area contributed by atoms with Crippen LogP contribution in [0.25, 0.3) is 0 Å². The molecular weight excluding hydrogens is 274 g/mol. The van der Waals surface area contributed by atoms with Gasteiger partial charge in [-0.1, -0.05) is 11.8 Å². The number of phenols is 2. The SMILES string of the molecule is Nc1cc(Sc2cc(N)c(O)c(F)c2)cc(F)c1O. The molecule has 2 aromatic rings. The van der Waals surface area contributed by atoms with Gasteiger partial charge in [-0.3, -0.25) is 0 Å². The molecule has 6 N–H and O–H groups in total. The average Bonchev–Trinajstić information content (AvgIpc) is 2.33. The highest BCUT2D eigenvalue weighted by Crippen LogP contribution is 2.37. The highest BCUT2D eigenvalue weighted by atomic mass is 32.2. The molecule has 100 valence electrons. The number of nitrogens with two attached hydrogens (primary N) is 2. The van der Waals surface area contributed by atoms with E-state index in [1.807, 2.05) is 0 Å². The van der Waals surface area contributed by atoms with Crippen LogP contribution in [0.5, 0.6) is 11.5 Å². The van der Waals surface area contributed by atoms with Gasteiger partial charge in [0.15, 0.2) is 23.1 Å². The van der Waals surface area contributed by atoms with E-state index in [-0.39, 0.29) is 11.4 Å². The Bertz CT molecular complexity index is 548. The van der Waals surface area contributed by atoms with Gasteiger partial charge in [-0.05, 0) is 24.3 Å². The monoisotopic (exact) mass is 284 g/mol. The normalized spacial score (nSPS) is 10.6. The fourth-order valence-corrected chi connectivity index (χ4v) is 2.41. The number of nitrogen functional groups attached to an aromatic ring is 2. The summed E-state index contributed by atoms with van der Waals surface area (Å²) in [6.07, 6.45) is 0. The van der Waals surface area contributed by atoms with Crippen LogP contribution in [0, 0.1) is 11.6 Å². The minimum atomic E-state index is -0.866. The van der Waals surface area contributed by atoms with Gasteiger partial charge in [-0.25, -0.2) is 8.78 Å². The highest BCUT2D eigenvalue weighted by molar-refractivity contribution is 7.99. The van der Waals surface area contributed by atoms with Crippen LogP contribution in [-0.4, -0.2) is 10.2 Å². The number of aromatic hydroxyl groups is 2. The molecule has 2 rings (SSSR count). The molecule has 19 heavy (non-hydrogen) atoms. The Hall–Kier alpha value is -2.15. The van der Waals surface area contributed by atoms with Crippen molar-refractivity contribution in [2.75, 3.05) is 11.5 Å². The molecule has 0 saturated heterocycles. The molecule has 0 heterocycles. The molecular formula is C12H10F2N2O2S. The number of rotatable bonds is 2. The third-order valence-electron chi connectivity index (χ3n) is 2.37. The number of hydrogen-bond donors (Lipinski definition) is 4. The lowest BCUT2D eigenvalue weighted by Gasteiger charge is -2.07. The van der Waals surface area contributed by atoms with Crippen LogP contribution in [-0.2, 0) is 0 Å². The summed E-state index contributed by atoms with van der Waals surface area (Å²) in [6.45, 7) is 0. The molecule has 0 aliphatic heterocycles. The second-order valence-corrected chi connectivity index (χ2v) is 4.93. The fraction of sp³-hybridized carbons (Fsp3) is 0. The van der Waals surface area contributed by atoms with E-state index >= 15 is 0 Å². The number of benzene rings is 2. The number of phenolic OH excluding ortho intramolecular Hbond substituents is 2. The topological polar surface area (TPSA) is 92.5 Å². The maximum atomic E-state index is 13.3. The van der Waals surface area contributed by atoms with Crippen molar-refractivity contribution in [1.82, 2.24) is 0 Å². The third-order valence-corrected chi connectivity index (χ3v) is 3.31. The Morgan fingerprint density at radius 3 is 1.47 bits per heavy atom. The van der Waals surface area contributed by atoms with Crippen molar-refractivity contribution in [3.8, 4) is 11.5 Å². The van der Waals surface area contributed by atoms with Gasteiger partial charge in [0, 0.05) is 9.79 Å². The molecule has 0 radical (unpaired) electrons. The van der Waals surface area contributed by atoms with E-state index in [0.29, 0.717) is 9.79 Å². The molecule has 0 aliphatic rings. The third kappa shape index (κ3) is 2.65. The Kier molecular flexibility index (Phi) is 3.39. The predicted octanol–water partition coefficient (Wildman–Crippen LogP) is 2.69. The summed E-state index contributed by atoms with van der Waals surface area (Å²) in [5.41, 5.74) is 10.6. The summed E-state index contributed by atoms with van der Waals surface area (Å²) in [4.78, 5) is 0.745. The molecule has 0 bridgehead atoms. The van der Waals surface area contributed by atoms with Crippen molar-refractivity contribution in [3.05, 3.63) is 35.9 Å². The van der Waals surface area contributed by atoms with Crippen LogP contribution in [0.15, 0.2) is 34.1 Å². The summed E-state index contributed by atoms with van der Waals surface area (Å²) >= 11 is 0.999. The average molecular weight is 284 g/mol. The molecule has 2 aromatic carbocycles. The molecule has 0 atom stereocenters. The van der Waals surface area contributed by atoms with Gasteiger partial charge in [0.2, 0.25) is 0 Å². The lowest BCUT2D eigenvalue weighted by atomic mass is 10.3. The van der Waals surface area contributed by atoms with Crippen LogP contribution < -0.4 is 11.5 Å². The predicted molar refractivity (Wildman–Crippen MR) is 69.1 cm³/mol. The zero-order valence-electron chi connectivity index (χ0n) is 9.52. The first kappa shape index (κ1) is 13.3. The quantitative estimate of drug-likeness (QED) is 0.502. The van der Waals surface area contributed by atoms with Crippen molar-refractivity contribution < 1.29 is 19.0 Å². The summed E-state index contributed by atoms with van der Waals surface area (Å²) in [5.74, 6) is -2.98. The van der Waals surface area contributed by atoms with E-state index in [0.717, 1.165) is 23.9 Å². The van der Waals surface area contributed by atoms with Gasteiger partial charge in [-0.15, -0.1) is 0 Å². The van der Waals surface area contributed by atoms with Gasteiger partial charge in [0.1, 0.15) is 0 Å². The highest BCUT2D eigenvalue weighted by Gasteiger charge is 2.11. The molecule has 0 saturated carbocycles. The van der Waals surface area contributed by atoms with Crippen LogP contribution >= 0.6 is 11.8 Å². The van der Waals surface area contributed by atoms with Crippen LogP contribution in [0.2, 0.25) is 0 Å². The van der Waals surface area contributed by atoms with Crippen LogP contribution in [0.1, 0.15) is 0 Å². The molecule has 0 aliphatic carbocycles. The maximum absolute atomic E-state index is 13.3. The minimum Gasteiger partial charge on any atom is -0.503 e. The van der Waals surface area contributed by atoms with Gasteiger partial charge in [0.05, 0.1) is 11.4 Å². The zero-order valence-corrected chi connectivity index (χ0v) is 10.3. The molecule has 7 heteroatoms. The second kappa shape index (κ2) is 4.85. The van der Waals surface area contributed by atoms with E-state index in [1.165, 1.54) is 12.1 Å². The van der Waals surface area contributed by atoms with E-state index in [4.69, 9.17) is 11.5 Å². The molecule has 0 amide bonds. The van der Waals surface area contributed by atoms with Gasteiger partial charge in [-0.2, -0.15) is 0 Å². The molecule has 0 aromatic heterocycles. The first-order valence-electron chi connectivity index (χ1n) is 5.12. The second-order valence-electron chi connectivity index (χ2n) is 3.79. The summed E-state index contributed by atoms with van der Waals surface area (Å²) in [7, 11) is 0. The van der Waals surface area contributed by atoms with E-state index in [9.17, 15) is 19.0 Å². The molecule has 0 fully saturated rings. The lowest BCUT2D eigenvalue weighted by molar-refractivity contribution is 0.434. The summed E-state index contributed by atoms with van der Waals surface area (Å²) in [5, 5.41) is 18.4.